The van der Waals surface area contributed by atoms with Crippen molar-refractivity contribution < 1.29 is 13.6 Å². The number of urea groups is 1. The molecule has 16 heavy (non-hydrogen) atoms. The zero-order valence-corrected chi connectivity index (χ0v) is 9.02. The molecule has 2 amide bonds. The molecule has 5 heteroatoms. The summed E-state index contributed by atoms with van der Waals surface area (Å²) in [4.78, 5) is 11.0. The van der Waals surface area contributed by atoms with Gasteiger partial charge in [-0.15, -0.1) is 0 Å². The molecule has 0 aliphatic heterocycles. The van der Waals surface area contributed by atoms with Crippen LogP contribution in [0.1, 0.15) is 12.5 Å². The zero-order valence-electron chi connectivity index (χ0n) is 9.02. The average Bonchev–Trinajstić information content (AvgIpc) is 2.16. The highest BCUT2D eigenvalue weighted by Crippen LogP contribution is 2.07. The Bertz CT molecular complexity index is 349. The monoisotopic (exact) mass is 228 g/mol. The maximum atomic E-state index is 12.8. The summed E-state index contributed by atoms with van der Waals surface area (Å²) >= 11 is 0. The molecule has 0 fully saturated rings. The molecule has 0 saturated carbocycles. The number of benzene rings is 1. The fourth-order valence-corrected chi connectivity index (χ4v) is 1.30. The maximum Gasteiger partial charge on any atom is 0.314 e. The summed E-state index contributed by atoms with van der Waals surface area (Å²) in [6.07, 6.45) is 0.395. The topological polar surface area (TPSA) is 41.1 Å². The van der Waals surface area contributed by atoms with E-state index in [2.05, 4.69) is 10.6 Å². The van der Waals surface area contributed by atoms with E-state index < -0.39 is 11.6 Å². The lowest BCUT2D eigenvalue weighted by Crippen LogP contribution is -2.36. The second-order valence-corrected chi connectivity index (χ2v) is 3.31. The van der Waals surface area contributed by atoms with Gasteiger partial charge in [-0.3, -0.25) is 0 Å². The van der Waals surface area contributed by atoms with Gasteiger partial charge in [0.1, 0.15) is 11.6 Å². The molecule has 0 aliphatic rings. The smallest absolute Gasteiger partial charge is 0.314 e. The van der Waals surface area contributed by atoms with Gasteiger partial charge in [-0.2, -0.15) is 0 Å². The predicted molar refractivity (Wildman–Crippen MR) is 57.1 cm³/mol. The van der Waals surface area contributed by atoms with Crippen LogP contribution in [0, 0.1) is 11.6 Å². The Kier molecular flexibility index (Phi) is 4.69. The molecular formula is C11H14F2N2O. The van der Waals surface area contributed by atoms with Crippen LogP contribution in [0.15, 0.2) is 18.2 Å². The van der Waals surface area contributed by atoms with Crippen LogP contribution in [0.25, 0.3) is 0 Å². The van der Waals surface area contributed by atoms with E-state index in [1.54, 1.807) is 0 Å². The van der Waals surface area contributed by atoms with Crippen LogP contribution in [-0.4, -0.2) is 19.1 Å². The highest BCUT2D eigenvalue weighted by molar-refractivity contribution is 5.73. The van der Waals surface area contributed by atoms with Crippen LogP contribution < -0.4 is 10.6 Å². The fourth-order valence-electron chi connectivity index (χ4n) is 1.30. The summed E-state index contributed by atoms with van der Waals surface area (Å²) in [5.41, 5.74) is 0.522. The minimum absolute atomic E-state index is 0.278. The van der Waals surface area contributed by atoms with Crippen molar-refractivity contribution in [3.63, 3.8) is 0 Å². The first-order valence-corrected chi connectivity index (χ1v) is 5.08. The van der Waals surface area contributed by atoms with Crippen molar-refractivity contribution in [1.29, 1.82) is 0 Å². The third kappa shape index (κ3) is 4.25. The molecule has 3 nitrogen and oxygen atoms in total. The highest BCUT2D eigenvalue weighted by Gasteiger charge is 2.01. The van der Waals surface area contributed by atoms with Crippen molar-refractivity contribution in [3.8, 4) is 0 Å². The van der Waals surface area contributed by atoms with E-state index in [0.717, 1.165) is 6.07 Å². The van der Waals surface area contributed by atoms with E-state index in [-0.39, 0.29) is 6.03 Å². The Hall–Kier alpha value is -1.65. The van der Waals surface area contributed by atoms with Crippen molar-refractivity contribution in [2.45, 2.75) is 13.3 Å². The first-order valence-electron chi connectivity index (χ1n) is 5.08. The minimum atomic E-state index is -0.604. The van der Waals surface area contributed by atoms with Gasteiger partial charge >= 0.3 is 6.03 Å². The first-order chi connectivity index (χ1) is 7.61. The molecule has 0 saturated heterocycles. The van der Waals surface area contributed by atoms with Crippen molar-refractivity contribution in [2.24, 2.45) is 0 Å². The number of nitrogens with one attached hydrogen (secondary N) is 2. The fraction of sp³-hybridized carbons (Fsp3) is 0.364. The standard InChI is InChI=1S/C11H14F2N2O/c1-2-14-11(16)15-4-3-8-5-9(12)7-10(13)6-8/h5-7H,2-4H2,1H3,(H2,14,15,16). The Balaban J connectivity index is 2.40. The molecule has 0 aromatic heterocycles. The zero-order chi connectivity index (χ0) is 12.0. The summed E-state index contributed by atoms with van der Waals surface area (Å²) in [5.74, 6) is -1.21. The predicted octanol–water partition coefficient (Wildman–Crippen LogP) is 1.83. The molecular weight excluding hydrogens is 214 g/mol. The number of rotatable bonds is 4. The van der Waals surface area contributed by atoms with Gasteiger partial charge in [-0.1, -0.05) is 0 Å². The van der Waals surface area contributed by atoms with E-state index in [9.17, 15) is 13.6 Å². The lowest BCUT2D eigenvalue weighted by molar-refractivity contribution is 0.241. The van der Waals surface area contributed by atoms with Crippen LogP contribution >= 0.6 is 0 Å². The van der Waals surface area contributed by atoms with Crippen LogP contribution in [0.5, 0.6) is 0 Å². The summed E-state index contributed by atoms with van der Waals surface area (Å²) < 4.78 is 25.6. The molecule has 1 aromatic rings. The third-order valence-corrected chi connectivity index (χ3v) is 1.96. The van der Waals surface area contributed by atoms with Crippen molar-refractivity contribution in [1.82, 2.24) is 10.6 Å². The molecule has 88 valence electrons. The molecule has 0 radical (unpaired) electrons. The minimum Gasteiger partial charge on any atom is -0.338 e. The quantitative estimate of drug-likeness (QED) is 0.811. The van der Waals surface area contributed by atoms with Gasteiger partial charge in [0.25, 0.3) is 0 Å². The Labute approximate surface area is 92.8 Å². The summed E-state index contributed by atoms with van der Waals surface area (Å²) in [6.45, 7) is 2.69. The summed E-state index contributed by atoms with van der Waals surface area (Å²) in [5, 5.41) is 5.13. The Morgan fingerprint density at radius 2 is 1.81 bits per heavy atom. The van der Waals surface area contributed by atoms with E-state index in [4.69, 9.17) is 0 Å². The van der Waals surface area contributed by atoms with Gasteiger partial charge in [0.05, 0.1) is 0 Å². The lowest BCUT2D eigenvalue weighted by atomic mass is 10.1. The number of hydrogen-bond acceptors (Lipinski definition) is 1. The Morgan fingerprint density at radius 1 is 1.19 bits per heavy atom. The number of carbonyl (C=O) groups excluding carboxylic acids is 1. The lowest BCUT2D eigenvalue weighted by Gasteiger charge is -2.06. The molecule has 0 atom stereocenters. The van der Waals surface area contributed by atoms with E-state index in [0.29, 0.717) is 25.1 Å². The van der Waals surface area contributed by atoms with Gasteiger partial charge in [-0.25, -0.2) is 13.6 Å². The van der Waals surface area contributed by atoms with Crippen molar-refractivity contribution >= 4 is 6.03 Å². The molecule has 0 bridgehead atoms. The van der Waals surface area contributed by atoms with Gasteiger partial charge in [-0.05, 0) is 31.0 Å². The van der Waals surface area contributed by atoms with Crippen molar-refractivity contribution in [2.75, 3.05) is 13.1 Å². The van der Waals surface area contributed by atoms with Crippen LogP contribution in [0.4, 0.5) is 13.6 Å². The molecule has 2 N–H and O–H groups in total. The largest absolute Gasteiger partial charge is 0.338 e. The van der Waals surface area contributed by atoms with E-state index in [1.807, 2.05) is 6.92 Å². The number of carbonyl (C=O) groups is 1. The molecule has 0 aliphatic carbocycles. The molecule has 0 unspecified atom stereocenters. The number of amides is 2. The molecule has 1 rings (SSSR count). The first kappa shape index (κ1) is 12.4. The Morgan fingerprint density at radius 3 is 2.38 bits per heavy atom. The second kappa shape index (κ2) is 6.05. The normalized spacial score (nSPS) is 9.94. The number of hydrogen-bond donors (Lipinski definition) is 2. The van der Waals surface area contributed by atoms with Crippen LogP contribution in [-0.2, 0) is 6.42 Å². The third-order valence-electron chi connectivity index (χ3n) is 1.96. The molecule has 0 spiro atoms. The highest BCUT2D eigenvalue weighted by atomic mass is 19.1. The molecule has 1 aromatic carbocycles. The van der Waals surface area contributed by atoms with Gasteiger partial charge in [0.2, 0.25) is 0 Å². The summed E-state index contributed by atoms with van der Waals surface area (Å²) in [6, 6.07) is 3.05. The number of halogens is 2. The second-order valence-electron chi connectivity index (χ2n) is 3.31. The maximum absolute atomic E-state index is 12.8. The average molecular weight is 228 g/mol. The van der Waals surface area contributed by atoms with E-state index in [1.165, 1.54) is 12.1 Å². The SMILES string of the molecule is CCNC(=O)NCCc1cc(F)cc(F)c1. The van der Waals surface area contributed by atoms with Gasteiger partial charge in [0.15, 0.2) is 0 Å². The van der Waals surface area contributed by atoms with Crippen LogP contribution in [0.2, 0.25) is 0 Å². The van der Waals surface area contributed by atoms with Crippen LogP contribution in [0.3, 0.4) is 0 Å². The van der Waals surface area contributed by atoms with Crippen molar-refractivity contribution in [3.05, 3.63) is 35.4 Å². The van der Waals surface area contributed by atoms with Gasteiger partial charge in [0, 0.05) is 19.2 Å². The van der Waals surface area contributed by atoms with E-state index >= 15 is 0 Å². The van der Waals surface area contributed by atoms with Gasteiger partial charge < -0.3 is 10.6 Å². The molecule has 0 heterocycles. The summed E-state index contributed by atoms with van der Waals surface area (Å²) in [7, 11) is 0.